The molecule has 24 heavy (non-hydrogen) atoms. The molecule has 5 nitrogen and oxygen atoms in total. The summed E-state index contributed by atoms with van der Waals surface area (Å²) < 4.78 is 10.1. The summed E-state index contributed by atoms with van der Waals surface area (Å²) in [6.07, 6.45) is 4.27. The number of methoxy groups -OCH3 is 2. The van der Waals surface area contributed by atoms with Gasteiger partial charge in [-0.3, -0.25) is 9.59 Å². The number of hydrogen-bond acceptors (Lipinski definition) is 4. The van der Waals surface area contributed by atoms with Gasteiger partial charge in [-0.15, -0.1) is 0 Å². The van der Waals surface area contributed by atoms with Gasteiger partial charge in [-0.25, -0.2) is 0 Å². The highest BCUT2D eigenvalue weighted by atomic mass is 16.5. The third-order valence-electron chi connectivity index (χ3n) is 4.00. The number of nitrogens with zero attached hydrogens (tertiary/aromatic N) is 1. The zero-order chi connectivity index (χ0) is 17.9. The van der Waals surface area contributed by atoms with Crippen LogP contribution in [0.1, 0.15) is 49.9 Å². The summed E-state index contributed by atoms with van der Waals surface area (Å²) in [5.74, 6) is -0.229. The molecule has 0 spiro atoms. The van der Waals surface area contributed by atoms with Crippen molar-refractivity contribution in [2.75, 3.05) is 27.3 Å². The first-order valence-corrected chi connectivity index (χ1v) is 8.55. The molecule has 0 saturated carbocycles. The van der Waals surface area contributed by atoms with Gasteiger partial charge in [0.2, 0.25) is 0 Å². The van der Waals surface area contributed by atoms with Gasteiger partial charge in [-0.2, -0.15) is 0 Å². The van der Waals surface area contributed by atoms with Gasteiger partial charge in [-0.1, -0.05) is 45.2 Å². The monoisotopic (exact) mass is 335 g/mol. The molecule has 1 rings (SSSR count). The summed E-state index contributed by atoms with van der Waals surface area (Å²) in [5, 5.41) is 0. The summed E-state index contributed by atoms with van der Waals surface area (Å²) in [4.78, 5) is 26.4. The molecule has 0 N–H and O–H groups in total. The molecular weight excluding hydrogens is 306 g/mol. The lowest BCUT2D eigenvalue weighted by molar-refractivity contribution is -0.145. The van der Waals surface area contributed by atoms with Crippen molar-refractivity contribution in [2.24, 2.45) is 5.92 Å². The molecule has 0 bridgehead atoms. The van der Waals surface area contributed by atoms with E-state index in [0.717, 1.165) is 25.7 Å². The van der Waals surface area contributed by atoms with Crippen molar-refractivity contribution in [3.05, 3.63) is 29.8 Å². The fourth-order valence-corrected chi connectivity index (χ4v) is 2.60. The molecule has 0 radical (unpaired) electrons. The molecule has 0 fully saturated rings. The number of ether oxygens (including phenoxy) is 2. The Kier molecular flexibility index (Phi) is 8.90. The summed E-state index contributed by atoms with van der Waals surface area (Å²) in [6, 6.07) is 7.17. The van der Waals surface area contributed by atoms with Gasteiger partial charge in [0.05, 0.1) is 25.7 Å². The molecule has 1 amide bonds. The topological polar surface area (TPSA) is 55.8 Å². The Morgan fingerprint density at radius 2 is 1.83 bits per heavy atom. The fourth-order valence-electron chi connectivity index (χ4n) is 2.60. The lowest BCUT2D eigenvalue weighted by Gasteiger charge is -2.26. The maximum absolute atomic E-state index is 12.9. The number of unbranched alkanes of at least 4 members (excludes halogenated alkanes) is 3. The maximum atomic E-state index is 12.9. The Morgan fingerprint density at radius 1 is 1.12 bits per heavy atom. The first kappa shape index (κ1) is 20.0. The van der Waals surface area contributed by atoms with E-state index in [9.17, 15) is 9.59 Å². The molecule has 0 aromatic heterocycles. The molecule has 0 saturated heterocycles. The Morgan fingerprint density at radius 3 is 2.46 bits per heavy atom. The number of para-hydroxylation sites is 1. The second-order valence-corrected chi connectivity index (χ2v) is 5.94. The van der Waals surface area contributed by atoms with E-state index >= 15 is 0 Å². The van der Waals surface area contributed by atoms with Gasteiger partial charge in [0.15, 0.2) is 0 Å². The fraction of sp³-hybridized carbons (Fsp3) is 0.579. The summed E-state index contributed by atoms with van der Waals surface area (Å²) in [5.41, 5.74) is 0.521. The lowest BCUT2D eigenvalue weighted by atomic mass is 10.1. The van der Waals surface area contributed by atoms with Gasteiger partial charge in [0.1, 0.15) is 5.75 Å². The van der Waals surface area contributed by atoms with Crippen molar-refractivity contribution in [3.63, 3.8) is 0 Å². The Balaban J connectivity index is 2.89. The van der Waals surface area contributed by atoms with Crippen LogP contribution in [0.15, 0.2) is 24.3 Å². The molecule has 0 aliphatic heterocycles. The summed E-state index contributed by atoms with van der Waals surface area (Å²) >= 11 is 0. The van der Waals surface area contributed by atoms with Crippen molar-refractivity contribution >= 4 is 11.9 Å². The smallest absolute Gasteiger partial charge is 0.310 e. The second kappa shape index (κ2) is 10.7. The van der Waals surface area contributed by atoms with Crippen LogP contribution in [-0.4, -0.2) is 44.1 Å². The Bertz CT molecular complexity index is 530. The molecule has 1 aromatic carbocycles. The molecule has 0 aliphatic carbocycles. The van der Waals surface area contributed by atoms with Crippen LogP contribution in [-0.2, 0) is 9.53 Å². The molecule has 0 heterocycles. The molecule has 134 valence electrons. The standard InChI is InChI=1S/C19H29NO4/c1-5-6-7-10-13-20(14-15(2)19(22)24-4)18(21)16-11-8-9-12-17(16)23-3/h8-9,11-12,15H,5-7,10,13-14H2,1-4H3. The van der Waals surface area contributed by atoms with Crippen molar-refractivity contribution in [3.8, 4) is 5.75 Å². The number of carbonyl (C=O) groups is 2. The van der Waals surface area contributed by atoms with Gasteiger partial charge in [0.25, 0.3) is 5.91 Å². The lowest BCUT2D eigenvalue weighted by Crippen LogP contribution is -2.38. The molecule has 0 aliphatic rings. The van der Waals surface area contributed by atoms with Crippen LogP contribution in [0, 0.1) is 5.92 Å². The Hall–Kier alpha value is -2.04. The average Bonchev–Trinajstić information content (AvgIpc) is 2.62. The SMILES string of the molecule is CCCCCCN(CC(C)C(=O)OC)C(=O)c1ccccc1OC. The van der Waals surface area contributed by atoms with Gasteiger partial charge < -0.3 is 14.4 Å². The number of hydrogen-bond donors (Lipinski definition) is 0. The quantitative estimate of drug-likeness (QED) is 0.485. The van der Waals surface area contributed by atoms with Crippen molar-refractivity contribution in [1.29, 1.82) is 0 Å². The van der Waals surface area contributed by atoms with Crippen LogP contribution < -0.4 is 4.74 Å². The van der Waals surface area contributed by atoms with Crippen LogP contribution in [0.3, 0.4) is 0 Å². The van der Waals surface area contributed by atoms with E-state index in [1.807, 2.05) is 12.1 Å². The van der Waals surface area contributed by atoms with E-state index in [1.165, 1.54) is 7.11 Å². The largest absolute Gasteiger partial charge is 0.496 e. The number of benzene rings is 1. The van der Waals surface area contributed by atoms with Crippen LogP contribution >= 0.6 is 0 Å². The van der Waals surface area contributed by atoms with E-state index in [-0.39, 0.29) is 17.8 Å². The molecular formula is C19H29NO4. The van der Waals surface area contributed by atoms with Crippen LogP contribution in [0.2, 0.25) is 0 Å². The van der Waals surface area contributed by atoms with E-state index in [1.54, 1.807) is 31.1 Å². The van der Waals surface area contributed by atoms with Crippen LogP contribution in [0.25, 0.3) is 0 Å². The minimum absolute atomic E-state index is 0.111. The highest BCUT2D eigenvalue weighted by Gasteiger charge is 2.24. The number of amides is 1. The van der Waals surface area contributed by atoms with E-state index in [0.29, 0.717) is 24.4 Å². The van der Waals surface area contributed by atoms with Crippen molar-refractivity contribution in [2.45, 2.75) is 39.5 Å². The molecule has 1 aromatic rings. The molecule has 5 heteroatoms. The van der Waals surface area contributed by atoms with Gasteiger partial charge >= 0.3 is 5.97 Å². The predicted molar refractivity (Wildman–Crippen MR) is 94.2 cm³/mol. The van der Waals surface area contributed by atoms with Crippen LogP contribution in [0.4, 0.5) is 0 Å². The highest BCUT2D eigenvalue weighted by molar-refractivity contribution is 5.97. The minimum Gasteiger partial charge on any atom is -0.496 e. The predicted octanol–water partition coefficient (Wildman–Crippen LogP) is 3.53. The minimum atomic E-state index is -0.361. The molecule has 1 atom stereocenters. The first-order valence-electron chi connectivity index (χ1n) is 8.55. The second-order valence-electron chi connectivity index (χ2n) is 5.94. The summed E-state index contributed by atoms with van der Waals surface area (Å²) in [7, 11) is 2.92. The first-order chi connectivity index (χ1) is 11.5. The molecule has 1 unspecified atom stereocenters. The zero-order valence-electron chi connectivity index (χ0n) is 15.2. The van der Waals surface area contributed by atoms with Gasteiger partial charge in [0, 0.05) is 13.1 Å². The third kappa shape index (κ3) is 5.87. The third-order valence-corrected chi connectivity index (χ3v) is 4.00. The van der Waals surface area contributed by atoms with E-state index in [4.69, 9.17) is 9.47 Å². The number of carbonyl (C=O) groups excluding carboxylic acids is 2. The number of esters is 1. The van der Waals surface area contributed by atoms with Crippen molar-refractivity contribution in [1.82, 2.24) is 4.90 Å². The average molecular weight is 335 g/mol. The van der Waals surface area contributed by atoms with Crippen LogP contribution in [0.5, 0.6) is 5.75 Å². The van der Waals surface area contributed by atoms with E-state index in [2.05, 4.69) is 6.92 Å². The van der Waals surface area contributed by atoms with Crippen molar-refractivity contribution < 1.29 is 19.1 Å². The van der Waals surface area contributed by atoms with E-state index < -0.39 is 0 Å². The normalized spacial score (nSPS) is 11.7. The summed E-state index contributed by atoms with van der Waals surface area (Å²) in [6.45, 7) is 4.89. The van der Waals surface area contributed by atoms with Gasteiger partial charge in [-0.05, 0) is 18.6 Å². The Labute approximate surface area is 144 Å². The number of rotatable bonds is 10. The zero-order valence-corrected chi connectivity index (χ0v) is 15.2. The highest BCUT2D eigenvalue weighted by Crippen LogP contribution is 2.20. The maximum Gasteiger partial charge on any atom is 0.310 e.